The highest BCUT2D eigenvalue weighted by Crippen LogP contribution is 2.25. The Morgan fingerprint density at radius 3 is 2.52 bits per heavy atom. The summed E-state index contributed by atoms with van der Waals surface area (Å²) in [5.41, 5.74) is 1.32. The fourth-order valence-electron chi connectivity index (χ4n) is 4.01. The van der Waals surface area contributed by atoms with Gasteiger partial charge in [-0.3, -0.25) is 19.2 Å². The van der Waals surface area contributed by atoms with Gasteiger partial charge in [0, 0.05) is 44.5 Å². The molecular formula is C23H22ClN5O4. The molecular weight excluding hydrogens is 446 g/mol. The zero-order valence-corrected chi connectivity index (χ0v) is 18.8. The quantitative estimate of drug-likeness (QED) is 0.346. The molecule has 1 aliphatic rings. The van der Waals surface area contributed by atoms with Gasteiger partial charge in [0.1, 0.15) is 10.7 Å². The highest BCUT2D eigenvalue weighted by Gasteiger charge is 2.34. The maximum Gasteiger partial charge on any atom is 0.295 e. The molecule has 1 saturated heterocycles. The predicted molar refractivity (Wildman–Crippen MR) is 122 cm³/mol. The van der Waals surface area contributed by atoms with Crippen molar-refractivity contribution in [1.29, 1.82) is 0 Å². The largest absolute Gasteiger partial charge is 0.358 e. The fourth-order valence-corrected chi connectivity index (χ4v) is 4.20. The maximum absolute atomic E-state index is 13.1. The molecule has 170 valence electrons. The van der Waals surface area contributed by atoms with Crippen LogP contribution < -0.4 is 5.32 Å². The van der Waals surface area contributed by atoms with E-state index in [0.29, 0.717) is 24.2 Å². The lowest BCUT2D eigenvalue weighted by atomic mass is 10.1. The van der Waals surface area contributed by atoms with Crippen molar-refractivity contribution in [1.82, 2.24) is 25.1 Å². The lowest BCUT2D eigenvalue weighted by molar-refractivity contribution is -0.130. The predicted octanol–water partition coefficient (Wildman–Crippen LogP) is 2.13. The number of aromatic amines is 1. The van der Waals surface area contributed by atoms with E-state index in [1.165, 1.54) is 24.2 Å². The van der Waals surface area contributed by atoms with Gasteiger partial charge in [-0.05, 0) is 25.1 Å². The molecule has 4 rings (SSSR count). The first-order valence-corrected chi connectivity index (χ1v) is 10.8. The molecule has 1 aliphatic heterocycles. The van der Waals surface area contributed by atoms with E-state index in [4.69, 9.17) is 11.6 Å². The summed E-state index contributed by atoms with van der Waals surface area (Å²) in [7, 11) is 1.48. The van der Waals surface area contributed by atoms with E-state index in [1.807, 2.05) is 6.07 Å². The Hall–Kier alpha value is -3.72. The number of H-pyrrole nitrogens is 1. The summed E-state index contributed by atoms with van der Waals surface area (Å²) in [6.45, 7) is 2.65. The van der Waals surface area contributed by atoms with Gasteiger partial charge in [0.15, 0.2) is 0 Å². The molecule has 2 N–H and O–H groups in total. The molecule has 33 heavy (non-hydrogen) atoms. The van der Waals surface area contributed by atoms with Crippen molar-refractivity contribution in [2.45, 2.75) is 13.0 Å². The number of aromatic nitrogens is 2. The van der Waals surface area contributed by atoms with Crippen LogP contribution in [0.1, 0.15) is 38.0 Å². The SMILES string of the molecule is CNC(=O)c1cc(Cl)nc2c(C(=O)C(=O)N3CCN(C(=O)c4ccccc4)C[C@@H]3C)c[nH]c12. The Bertz CT molecular complexity index is 1260. The molecule has 9 nitrogen and oxygen atoms in total. The van der Waals surface area contributed by atoms with Gasteiger partial charge in [-0.15, -0.1) is 0 Å². The van der Waals surface area contributed by atoms with Crippen LogP contribution in [0.25, 0.3) is 11.0 Å². The minimum atomic E-state index is -0.756. The molecule has 3 heterocycles. The molecule has 1 fully saturated rings. The molecule has 3 amide bonds. The van der Waals surface area contributed by atoms with Crippen LogP contribution in [-0.4, -0.2) is 76.0 Å². The van der Waals surface area contributed by atoms with Crippen molar-refractivity contribution >= 4 is 46.1 Å². The average Bonchev–Trinajstić information content (AvgIpc) is 3.25. The number of rotatable bonds is 4. The van der Waals surface area contributed by atoms with Crippen LogP contribution in [0, 0.1) is 0 Å². The molecule has 0 radical (unpaired) electrons. The number of fused-ring (bicyclic) bond motifs is 1. The average molecular weight is 468 g/mol. The minimum absolute atomic E-state index is 0.0311. The topological polar surface area (TPSA) is 115 Å². The fraction of sp³-hybridized carbons (Fsp3) is 0.261. The van der Waals surface area contributed by atoms with Crippen molar-refractivity contribution < 1.29 is 19.2 Å². The Morgan fingerprint density at radius 2 is 1.85 bits per heavy atom. The minimum Gasteiger partial charge on any atom is -0.358 e. The van der Waals surface area contributed by atoms with Crippen LogP contribution in [0.15, 0.2) is 42.6 Å². The van der Waals surface area contributed by atoms with E-state index in [2.05, 4.69) is 15.3 Å². The molecule has 2 aromatic heterocycles. The van der Waals surface area contributed by atoms with Crippen LogP contribution >= 0.6 is 11.6 Å². The van der Waals surface area contributed by atoms with Crippen LogP contribution in [0.2, 0.25) is 5.15 Å². The molecule has 3 aromatic rings. The lowest BCUT2D eigenvalue weighted by Crippen LogP contribution is -2.56. The standard InChI is InChI=1S/C23H22ClN5O4/c1-13-12-28(22(32)14-6-4-3-5-7-14)8-9-29(13)23(33)20(30)16-11-26-18-15(21(31)25-2)10-17(24)27-19(16)18/h3-7,10-11,13,26H,8-9,12H2,1-2H3,(H,25,31)/t13-/m0/s1. The van der Waals surface area contributed by atoms with Crippen LogP contribution in [0.5, 0.6) is 0 Å². The molecule has 0 spiro atoms. The summed E-state index contributed by atoms with van der Waals surface area (Å²) in [5, 5.41) is 2.54. The number of nitrogens with zero attached hydrogens (tertiary/aromatic N) is 3. The number of carbonyl (C=O) groups is 4. The molecule has 1 atom stereocenters. The third kappa shape index (κ3) is 4.19. The molecule has 0 unspecified atom stereocenters. The van der Waals surface area contributed by atoms with Crippen molar-refractivity contribution in [3.8, 4) is 0 Å². The molecule has 10 heteroatoms. The van der Waals surface area contributed by atoms with Gasteiger partial charge in [-0.2, -0.15) is 0 Å². The van der Waals surface area contributed by atoms with E-state index in [-0.39, 0.29) is 40.3 Å². The van der Waals surface area contributed by atoms with Gasteiger partial charge < -0.3 is 20.1 Å². The number of hydrogen-bond acceptors (Lipinski definition) is 5. The van der Waals surface area contributed by atoms with Gasteiger partial charge in [-0.1, -0.05) is 29.8 Å². The Morgan fingerprint density at radius 1 is 1.12 bits per heavy atom. The molecule has 0 saturated carbocycles. The van der Waals surface area contributed by atoms with Crippen LogP contribution in [-0.2, 0) is 4.79 Å². The molecule has 0 bridgehead atoms. The van der Waals surface area contributed by atoms with Crippen molar-refractivity contribution in [2.24, 2.45) is 0 Å². The first-order valence-electron chi connectivity index (χ1n) is 10.4. The summed E-state index contributed by atoms with van der Waals surface area (Å²) in [6.07, 6.45) is 1.36. The normalized spacial score (nSPS) is 16.0. The number of piperazine rings is 1. The smallest absolute Gasteiger partial charge is 0.295 e. The summed E-state index contributed by atoms with van der Waals surface area (Å²) >= 11 is 6.06. The number of hydrogen-bond donors (Lipinski definition) is 2. The monoisotopic (exact) mass is 467 g/mol. The van der Waals surface area contributed by atoms with E-state index in [0.717, 1.165) is 0 Å². The second kappa shape index (κ2) is 9.03. The number of benzene rings is 1. The maximum atomic E-state index is 13.1. The number of halogens is 1. The van der Waals surface area contributed by atoms with E-state index >= 15 is 0 Å². The van der Waals surface area contributed by atoms with Crippen molar-refractivity contribution in [3.05, 3.63) is 64.4 Å². The third-order valence-electron chi connectivity index (χ3n) is 5.71. The summed E-state index contributed by atoms with van der Waals surface area (Å²) < 4.78 is 0. The molecule has 0 aliphatic carbocycles. The highest BCUT2D eigenvalue weighted by atomic mass is 35.5. The van der Waals surface area contributed by atoms with Crippen LogP contribution in [0.4, 0.5) is 0 Å². The van der Waals surface area contributed by atoms with Crippen LogP contribution in [0.3, 0.4) is 0 Å². The second-order valence-corrected chi connectivity index (χ2v) is 8.18. The third-order valence-corrected chi connectivity index (χ3v) is 5.90. The first-order chi connectivity index (χ1) is 15.8. The highest BCUT2D eigenvalue weighted by molar-refractivity contribution is 6.45. The van der Waals surface area contributed by atoms with Crippen molar-refractivity contribution in [2.75, 3.05) is 26.7 Å². The van der Waals surface area contributed by atoms with Gasteiger partial charge in [0.2, 0.25) is 0 Å². The first kappa shape index (κ1) is 22.5. The van der Waals surface area contributed by atoms with E-state index in [1.54, 1.807) is 36.1 Å². The number of pyridine rings is 1. The Kier molecular flexibility index (Phi) is 6.15. The number of amides is 3. The van der Waals surface area contributed by atoms with Gasteiger partial charge in [0.05, 0.1) is 16.6 Å². The van der Waals surface area contributed by atoms with Gasteiger partial charge in [-0.25, -0.2) is 4.98 Å². The number of nitrogens with one attached hydrogen (secondary N) is 2. The number of carbonyl (C=O) groups excluding carboxylic acids is 4. The lowest BCUT2D eigenvalue weighted by Gasteiger charge is -2.39. The Balaban J connectivity index is 1.54. The molecule has 1 aromatic carbocycles. The summed E-state index contributed by atoms with van der Waals surface area (Å²) in [6, 6.07) is 9.96. The van der Waals surface area contributed by atoms with E-state index in [9.17, 15) is 19.2 Å². The summed E-state index contributed by atoms with van der Waals surface area (Å²) in [4.78, 5) is 61.2. The number of Topliss-reactive ketones (excluding diaryl/α,β-unsaturated/α-hetero) is 1. The van der Waals surface area contributed by atoms with Gasteiger partial charge in [0.25, 0.3) is 23.5 Å². The van der Waals surface area contributed by atoms with E-state index < -0.39 is 17.6 Å². The van der Waals surface area contributed by atoms with Crippen molar-refractivity contribution in [3.63, 3.8) is 0 Å². The number of ketones is 1. The zero-order chi connectivity index (χ0) is 23.7. The Labute approximate surface area is 194 Å². The summed E-state index contributed by atoms with van der Waals surface area (Å²) in [5.74, 6) is -1.96. The second-order valence-electron chi connectivity index (χ2n) is 7.79. The zero-order valence-electron chi connectivity index (χ0n) is 18.1. The van der Waals surface area contributed by atoms with Gasteiger partial charge >= 0.3 is 0 Å².